The van der Waals surface area contributed by atoms with Crippen molar-refractivity contribution in [2.75, 3.05) is 20.8 Å². The van der Waals surface area contributed by atoms with Crippen LogP contribution in [0, 0.1) is 0 Å². The molecule has 0 saturated carbocycles. The molecule has 1 aliphatic heterocycles. The number of halogens is 2. The van der Waals surface area contributed by atoms with Gasteiger partial charge in [0, 0.05) is 17.2 Å². The summed E-state index contributed by atoms with van der Waals surface area (Å²) < 4.78 is 24.3. The Hall–Kier alpha value is -3.79. The highest BCUT2D eigenvalue weighted by Gasteiger charge is 2.35. The largest absolute Gasteiger partial charge is 0.497 e. The van der Waals surface area contributed by atoms with Crippen molar-refractivity contribution in [3.8, 4) is 22.8 Å². The Morgan fingerprint density at radius 1 is 1.15 bits per heavy atom. The van der Waals surface area contributed by atoms with Crippen LogP contribution >= 0.6 is 34.5 Å². The normalized spacial score (nSPS) is 15.1. The molecule has 2 aromatic carbocycles. The third kappa shape index (κ3) is 4.96. The summed E-state index contributed by atoms with van der Waals surface area (Å²) in [7, 11) is 3.06. The molecule has 1 aliphatic rings. The lowest BCUT2D eigenvalue weighted by molar-refractivity contribution is -0.139. The second-order valence-electron chi connectivity index (χ2n) is 8.71. The number of rotatable bonds is 7. The number of methoxy groups -OCH3 is 2. The first-order valence-corrected chi connectivity index (χ1v) is 13.8. The van der Waals surface area contributed by atoms with Gasteiger partial charge in [-0.2, -0.15) is 0 Å². The van der Waals surface area contributed by atoms with Gasteiger partial charge < -0.3 is 18.6 Å². The summed E-state index contributed by atoms with van der Waals surface area (Å²) in [4.78, 5) is 32.1. The van der Waals surface area contributed by atoms with Crippen molar-refractivity contribution in [2.45, 2.75) is 19.9 Å². The second-order valence-corrected chi connectivity index (χ2v) is 10.5. The second kappa shape index (κ2) is 11.4. The van der Waals surface area contributed by atoms with Crippen LogP contribution in [-0.2, 0) is 9.53 Å². The van der Waals surface area contributed by atoms with Gasteiger partial charge in [-0.05, 0) is 56.3 Å². The third-order valence-corrected chi connectivity index (χ3v) is 8.17. The molecule has 1 unspecified atom stereocenters. The zero-order chi connectivity index (χ0) is 28.6. The molecule has 2 aromatic heterocycles. The van der Waals surface area contributed by atoms with Crippen molar-refractivity contribution < 1.29 is 23.4 Å². The third-order valence-electron chi connectivity index (χ3n) is 6.37. The lowest BCUT2D eigenvalue weighted by Gasteiger charge is -2.26. The van der Waals surface area contributed by atoms with Crippen LogP contribution in [0.15, 0.2) is 74.0 Å². The molecule has 0 spiro atoms. The summed E-state index contributed by atoms with van der Waals surface area (Å²) in [5.74, 6) is 1.39. The number of thiazole rings is 1. The Kier molecular flexibility index (Phi) is 7.89. The van der Waals surface area contributed by atoms with Crippen molar-refractivity contribution in [2.24, 2.45) is 4.99 Å². The van der Waals surface area contributed by atoms with E-state index in [1.165, 1.54) is 23.0 Å². The Balaban J connectivity index is 1.69. The SMILES string of the molecule is CCOC(=O)C1=C(C)N=c2s/c(=C\c3ccc(-c4cccc(Cl)c4Cl)o3)c(=O)n2C1c1cc(OC)ccc1OC. The summed E-state index contributed by atoms with van der Waals surface area (Å²) >= 11 is 13.7. The Morgan fingerprint density at radius 2 is 1.95 bits per heavy atom. The van der Waals surface area contributed by atoms with Gasteiger partial charge >= 0.3 is 5.97 Å². The zero-order valence-electron chi connectivity index (χ0n) is 22.0. The first kappa shape index (κ1) is 27.8. The van der Waals surface area contributed by atoms with E-state index in [4.69, 9.17) is 41.8 Å². The lowest BCUT2D eigenvalue weighted by atomic mass is 9.95. The molecule has 0 N–H and O–H groups in total. The number of benzene rings is 2. The van der Waals surface area contributed by atoms with Crippen LogP contribution in [0.1, 0.15) is 31.2 Å². The number of carbonyl (C=O) groups is 1. The van der Waals surface area contributed by atoms with Gasteiger partial charge in [0.05, 0.1) is 46.7 Å². The van der Waals surface area contributed by atoms with E-state index in [2.05, 4.69) is 4.99 Å². The highest BCUT2D eigenvalue weighted by molar-refractivity contribution is 7.07. The lowest BCUT2D eigenvalue weighted by Crippen LogP contribution is -2.40. The van der Waals surface area contributed by atoms with E-state index in [1.54, 1.807) is 75.6 Å². The maximum atomic E-state index is 13.9. The summed E-state index contributed by atoms with van der Waals surface area (Å²) in [5, 5.41) is 0.782. The molecule has 0 fully saturated rings. The first-order chi connectivity index (χ1) is 19.3. The smallest absolute Gasteiger partial charge is 0.338 e. The van der Waals surface area contributed by atoms with Gasteiger partial charge in [0.1, 0.15) is 29.1 Å². The predicted octanol–water partition coefficient (Wildman–Crippen LogP) is 5.38. The summed E-state index contributed by atoms with van der Waals surface area (Å²) in [6.45, 7) is 3.61. The van der Waals surface area contributed by atoms with Crippen molar-refractivity contribution in [1.29, 1.82) is 0 Å². The number of allylic oxidation sites excluding steroid dienone is 1. The molecule has 206 valence electrons. The van der Waals surface area contributed by atoms with Gasteiger partial charge in [-0.1, -0.05) is 40.6 Å². The van der Waals surface area contributed by atoms with E-state index in [0.717, 1.165) is 0 Å². The minimum absolute atomic E-state index is 0.166. The van der Waals surface area contributed by atoms with Crippen LogP contribution in [0.25, 0.3) is 17.4 Å². The molecule has 8 nitrogen and oxygen atoms in total. The minimum Gasteiger partial charge on any atom is -0.497 e. The maximum Gasteiger partial charge on any atom is 0.338 e. The fourth-order valence-corrected chi connectivity index (χ4v) is 5.96. The molecule has 0 saturated heterocycles. The zero-order valence-corrected chi connectivity index (χ0v) is 24.3. The van der Waals surface area contributed by atoms with Crippen molar-refractivity contribution in [3.63, 3.8) is 0 Å². The first-order valence-electron chi connectivity index (χ1n) is 12.2. The van der Waals surface area contributed by atoms with E-state index < -0.39 is 12.0 Å². The van der Waals surface area contributed by atoms with Gasteiger partial charge in [-0.25, -0.2) is 9.79 Å². The number of nitrogens with zero attached hydrogens (tertiary/aromatic N) is 2. The average Bonchev–Trinajstić information content (AvgIpc) is 3.53. The van der Waals surface area contributed by atoms with E-state index in [-0.39, 0.29) is 17.7 Å². The van der Waals surface area contributed by atoms with Crippen molar-refractivity contribution in [3.05, 3.63) is 101 Å². The molecule has 5 rings (SSSR count). The molecule has 0 amide bonds. The van der Waals surface area contributed by atoms with Gasteiger partial charge in [-0.3, -0.25) is 9.36 Å². The molecule has 40 heavy (non-hydrogen) atoms. The van der Waals surface area contributed by atoms with E-state index in [1.807, 2.05) is 0 Å². The van der Waals surface area contributed by atoms with Gasteiger partial charge in [0.2, 0.25) is 0 Å². The standard InChI is InChI=1S/C29H24Cl2N2O6S/c1-5-38-28(35)24-15(2)32-29-33(26(24)19-13-16(36-3)9-11-21(19)37-4)27(34)23(40-29)14-17-10-12-22(39-17)18-7-6-8-20(30)25(18)31/h6-14,26H,5H2,1-4H3/b23-14-. The van der Waals surface area contributed by atoms with Crippen LogP contribution < -0.4 is 24.4 Å². The Bertz CT molecular complexity index is 1840. The Labute approximate surface area is 243 Å². The molecule has 1 atom stereocenters. The maximum absolute atomic E-state index is 13.9. The minimum atomic E-state index is -0.861. The van der Waals surface area contributed by atoms with Gasteiger partial charge in [0.25, 0.3) is 5.56 Å². The average molecular weight is 599 g/mol. The molecule has 11 heteroatoms. The predicted molar refractivity (Wildman–Crippen MR) is 154 cm³/mol. The number of hydrogen-bond donors (Lipinski definition) is 0. The van der Waals surface area contributed by atoms with Crippen molar-refractivity contribution in [1.82, 2.24) is 4.57 Å². The summed E-state index contributed by atoms with van der Waals surface area (Å²) in [6.07, 6.45) is 1.63. The van der Waals surface area contributed by atoms with Crippen LogP contribution in [0.2, 0.25) is 10.0 Å². The highest BCUT2D eigenvalue weighted by atomic mass is 35.5. The summed E-state index contributed by atoms with van der Waals surface area (Å²) in [6, 6.07) is 13.1. The van der Waals surface area contributed by atoms with Gasteiger partial charge in [0.15, 0.2) is 4.80 Å². The molecular weight excluding hydrogens is 575 g/mol. The van der Waals surface area contributed by atoms with Crippen LogP contribution in [0.4, 0.5) is 0 Å². The molecular formula is C29H24Cl2N2O6S. The van der Waals surface area contributed by atoms with Crippen molar-refractivity contribution >= 4 is 46.6 Å². The number of fused-ring (bicyclic) bond motifs is 1. The van der Waals surface area contributed by atoms with Crippen LogP contribution in [0.5, 0.6) is 11.5 Å². The fraction of sp³-hybridized carbons (Fsp3) is 0.207. The molecule has 4 aromatic rings. The summed E-state index contributed by atoms with van der Waals surface area (Å²) in [5.41, 5.74) is 1.52. The monoisotopic (exact) mass is 598 g/mol. The molecule has 0 radical (unpaired) electrons. The fourth-order valence-electron chi connectivity index (χ4n) is 4.54. The number of aromatic nitrogens is 1. The van der Waals surface area contributed by atoms with E-state index >= 15 is 0 Å². The number of carbonyl (C=O) groups excluding carboxylic acids is 1. The van der Waals surface area contributed by atoms with Crippen LogP contribution in [0.3, 0.4) is 0 Å². The van der Waals surface area contributed by atoms with Crippen LogP contribution in [-0.4, -0.2) is 31.4 Å². The molecule has 0 bridgehead atoms. The molecule has 3 heterocycles. The Morgan fingerprint density at radius 3 is 2.67 bits per heavy atom. The topological polar surface area (TPSA) is 92.3 Å². The number of esters is 1. The number of furan rings is 1. The van der Waals surface area contributed by atoms with E-state index in [0.29, 0.717) is 59.2 Å². The van der Waals surface area contributed by atoms with Gasteiger partial charge in [-0.15, -0.1) is 0 Å². The van der Waals surface area contributed by atoms with E-state index in [9.17, 15) is 9.59 Å². The number of hydrogen-bond acceptors (Lipinski definition) is 8. The quantitative estimate of drug-likeness (QED) is 0.265. The highest BCUT2D eigenvalue weighted by Crippen LogP contribution is 2.38. The number of ether oxygens (including phenoxy) is 3. The molecule has 0 aliphatic carbocycles.